The number of ether oxygens (including phenoxy) is 1. The molecule has 0 radical (unpaired) electrons. The minimum absolute atomic E-state index is 0.136. The van der Waals surface area contributed by atoms with Crippen molar-refractivity contribution in [1.29, 1.82) is 0 Å². The molecular formula is C24H27N3O2S. The van der Waals surface area contributed by atoms with Crippen LogP contribution in [-0.4, -0.2) is 30.6 Å². The van der Waals surface area contributed by atoms with Gasteiger partial charge in [-0.05, 0) is 55.7 Å². The molecule has 0 unspecified atom stereocenters. The lowest BCUT2D eigenvalue weighted by Gasteiger charge is -2.12. The summed E-state index contributed by atoms with van der Waals surface area (Å²) in [6, 6.07) is 15.1. The maximum atomic E-state index is 12.6. The molecule has 1 amide bonds. The highest BCUT2D eigenvalue weighted by molar-refractivity contribution is 7.14. The minimum Gasteiger partial charge on any atom is -0.494 e. The highest BCUT2D eigenvalue weighted by Gasteiger charge is 2.16. The van der Waals surface area contributed by atoms with Gasteiger partial charge in [-0.2, -0.15) is 0 Å². The maximum absolute atomic E-state index is 12.6. The number of nitrogens with one attached hydrogen (secondary N) is 1. The zero-order valence-corrected chi connectivity index (χ0v) is 18.1. The van der Waals surface area contributed by atoms with Gasteiger partial charge in [0.05, 0.1) is 12.3 Å². The molecule has 5 nitrogen and oxygen atoms in total. The molecule has 2 heterocycles. The van der Waals surface area contributed by atoms with Crippen LogP contribution in [0.5, 0.6) is 5.75 Å². The maximum Gasteiger partial charge on any atom is 0.255 e. The van der Waals surface area contributed by atoms with Gasteiger partial charge in [0.1, 0.15) is 5.75 Å². The molecule has 2 aromatic carbocycles. The van der Waals surface area contributed by atoms with Crippen molar-refractivity contribution in [2.45, 2.75) is 32.6 Å². The lowest BCUT2D eigenvalue weighted by molar-refractivity contribution is 0.102. The molecule has 1 fully saturated rings. The highest BCUT2D eigenvalue weighted by Crippen LogP contribution is 2.30. The first-order valence-electron chi connectivity index (χ1n) is 10.6. The molecule has 0 spiro atoms. The second kappa shape index (κ2) is 9.76. The van der Waals surface area contributed by atoms with Crippen LogP contribution in [0, 0.1) is 0 Å². The third-order valence-electron chi connectivity index (χ3n) is 5.17. The third kappa shape index (κ3) is 5.00. The van der Waals surface area contributed by atoms with Gasteiger partial charge >= 0.3 is 0 Å². The summed E-state index contributed by atoms with van der Waals surface area (Å²) in [6.07, 6.45) is 4.60. The minimum atomic E-state index is -0.136. The first-order chi connectivity index (χ1) is 14.7. The zero-order valence-electron chi connectivity index (χ0n) is 17.3. The van der Waals surface area contributed by atoms with Crippen LogP contribution >= 0.6 is 11.3 Å². The van der Waals surface area contributed by atoms with E-state index in [2.05, 4.69) is 22.5 Å². The van der Waals surface area contributed by atoms with Crippen molar-refractivity contribution >= 4 is 28.1 Å². The highest BCUT2D eigenvalue weighted by atomic mass is 32.1. The Balaban J connectivity index is 1.41. The predicted molar refractivity (Wildman–Crippen MR) is 124 cm³/mol. The van der Waals surface area contributed by atoms with E-state index in [-0.39, 0.29) is 5.91 Å². The number of carbonyl (C=O) groups excluding carboxylic acids is 1. The van der Waals surface area contributed by atoms with Crippen LogP contribution in [-0.2, 0) is 0 Å². The summed E-state index contributed by atoms with van der Waals surface area (Å²) < 4.78 is 5.66. The van der Waals surface area contributed by atoms with Crippen molar-refractivity contribution in [2.75, 3.05) is 29.9 Å². The van der Waals surface area contributed by atoms with Crippen molar-refractivity contribution < 1.29 is 9.53 Å². The number of hydrogen-bond donors (Lipinski definition) is 1. The van der Waals surface area contributed by atoms with Crippen molar-refractivity contribution in [1.82, 2.24) is 4.98 Å². The summed E-state index contributed by atoms with van der Waals surface area (Å²) in [5.41, 5.74) is 3.32. The Bertz CT molecular complexity index is 978. The van der Waals surface area contributed by atoms with E-state index in [0.29, 0.717) is 12.2 Å². The molecule has 4 rings (SSSR count). The van der Waals surface area contributed by atoms with Gasteiger partial charge < -0.3 is 15.0 Å². The number of aromatic nitrogens is 1. The average Bonchev–Trinajstić information content (AvgIpc) is 3.47. The Kier molecular flexibility index (Phi) is 6.64. The Labute approximate surface area is 181 Å². The summed E-state index contributed by atoms with van der Waals surface area (Å²) in [7, 11) is 0. The van der Waals surface area contributed by atoms with Gasteiger partial charge in [-0.3, -0.25) is 4.79 Å². The third-order valence-corrected chi connectivity index (χ3v) is 6.07. The van der Waals surface area contributed by atoms with E-state index in [1.165, 1.54) is 12.8 Å². The van der Waals surface area contributed by atoms with Crippen molar-refractivity contribution in [2.24, 2.45) is 0 Å². The van der Waals surface area contributed by atoms with Crippen molar-refractivity contribution in [3.05, 3.63) is 59.5 Å². The molecule has 0 aliphatic carbocycles. The molecule has 1 N–H and O–H groups in total. The smallest absolute Gasteiger partial charge is 0.255 e. The molecule has 6 heteroatoms. The van der Waals surface area contributed by atoms with Gasteiger partial charge in [-0.15, -0.1) is 11.3 Å². The van der Waals surface area contributed by atoms with E-state index in [0.717, 1.165) is 53.8 Å². The summed E-state index contributed by atoms with van der Waals surface area (Å²) >= 11 is 1.68. The topological polar surface area (TPSA) is 54.5 Å². The lowest BCUT2D eigenvalue weighted by atomic mass is 10.1. The Hall–Kier alpha value is -2.86. The van der Waals surface area contributed by atoms with Gasteiger partial charge in [-0.1, -0.05) is 25.5 Å². The average molecular weight is 422 g/mol. The monoisotopic (exact) mass is 421 g/mol. The van der Waals surface area contributed by atoms with Crippen LogP contribution in [0.4, 0.5) is 10.8 Å². The number of anilines is 2. The van der Waals surface area contributed by atoms with Crippen LogP contribution in [0.15, 0.2) is 53.9 Å². The lowest BCUT2D eigenvalue weighted by Crippen LogP contribution is -2.17. The fourth-order valence-electron chi connectivity index (χ4n) is 3.45. The molecule has 3 aromatic rings. The quantitative estimate of drug-likeness (QED) is 0.464. The second-order valence-corrected chi connectivity index (χ2v) is 8.31. The summed E-state index contributed by atoms with van der Waals surface area (Å²) in [5.74, 6) is 0.655. The predicted octanol–water partition coefficient (Wildman–Crippen LogP) is 5.84. The summed E-state index contributed by atoms with van der Waals surface area (Å²) in [6.45, 7) is 5.01. The van der Waals surface area contributed by atoms with Gasteiger partial charge in [0.2, 0.25) is 0 Å². The van der Waals surface area contributed by atoms with E-state index >= 15 is 0 Å². The number of carbonyl (C=O) groups is 1. The van der Waals surface area contributed by atoms with Gasteiger partial charge in [0.15, 0.2) is 5.13 Å². The van der Waals surface area contributed by atoms with Crippen LogP contribution < -0.4 is 15.0 Å². The van der Waals surface area contributed by atoms with Crippen LogP contribution in [0.2, 0.25) is 0 Å². The van der Waals surface area contributed by atoms with Crippen LogP contribution in [0.1, 0.15) is 43.0 Å². The molecule has 156 valence electrons. The van der Waals surface area contributed by atoms with E-state index < -0.39 is 0 Å². The number of benzene rings is 2. The molecule has 1 saturated heterocycles. The standard InChI is InChI=1S/C24H27N3O2S/c1-2-3-15-29-21-11-9-18(10-12-21)23(28)25-20-8-6-7-19(16-20)22-17-30-24(26-22)27-13-4-5-14-27/h6-12,16-17H,2-5,13-15H2,1H3,(H,25,28). The van der Waals surface area contributed by atoms with Gasteiger partial charge in [0, 0.05) is 35.3 Å². The molecule has 1 aliphatic heterocycles. The molecule has 1 aliphatic rings. The molecule has 0 atom stereocenters. The Morgan fingerprint density at radius 1 is 1.17 bits per heavy atom. The second-order valence-electron chi connectivity index (χ2n) is 7.47. The SMILES string of the molecule is CCCCOc1ccc(C(=O)Nc2cccc(-c3csc(N4CCCC4)n3)c2)cc1. The first-order valence-corrected chi connectivity index (χ1v) is 11.5. The molecule has 0 bridgehead atoms. The number of hydrogen-bond acceptors (Lipinski definition) is 5. The summed E-state index contributed by atoms with van der Waals surface area (Å²) in [5, 5.41) is 6.16. The van der Waals surface area contributed by atoms with E-state index in [1.54, 1.807) is 23.5 Å². The van der Waals surface area contributed by atoms with Gasteiger partial charge in [-0.25, -0.2) is 4.98 Å². The largest absolute Gasteiger partial charge is 0.494 e. The molecule has 1 aromatic heterocycles. The van der Waals surface area contributed by atoms with Gasteiger partial charge in [0.25, 0.3) is 5.91 Å². The number of amides is 1. The summed E-state index contributed by atoms with van der Waals surface area (Å²) in [4.78, 5) is 19.8. The normalized spacial score (nSPS) is 13.4. The molecular weight excluding hydrogens is 394 g/mol. The van der Waals surface area contributed by atoms with Crippen LogP contribution in [0.3, 0.4) is 0 Å². The number of unbranched alkanes of at least 4 members (excludes halogenated alkanes) is 1. The van der Waals surface area contributed by atoms with Crippen LogP contribution in [0.25, 0.3) is 11.3 Å². The van der Waals surface area contributed by atoms with Crippen molar-refractivity contribution in [3.63, 3.8) is 0 Å². The first kappa shape index (κ1) is 20.4. The van der Waals surface area contributed by atoms with E-state index in [4.69, 9.17) is 9.72 Å². The fourth-order valence-corrected chi connectivity index (χ4v) is 4.34. The fraction of sp³-hybridized carbons (Fsp3) is 0.333. The van der Waals surface area contributed by atoms with E-state index in [9.17, 15) is 4.79 Å². The number of thiazole rings is 1. The van der Waals surface area contributed by atoms with E-state index in [1.807, 2.05) is 36.4 Å². The van der Waals surface area contributed by atoms with Crippen molar-refractivity contribution in [3.8, 4) is 17.0 Å². The molecule has 0 saturated carbocycles. The molecule has 30 heavy (non-hydrogen) atoms. The Morgan fingerprint density at radius 2 is 1.97 bits per heavy atom. The Morgan fingerprint density at radius 3 is 2.73 bits per heavy atom. The zero-order chi connectivity index (χ0) is 20.8. The number of nitrogens with zero attached hydrogens (tertiary/aromatic N) is 2. The number of rotatable bonds is 8.